The molecule has 2 aromatic heterocycles. The molecule has 208 valence electrons. The fourth-order valence-corrected chi connectivity index (χ4v) is 6.19. The summed E-state index contributed by atoms with van der Waals surface area (Å²) in [6, 6.07) is 53.8. The molecule has 0 aliphatic carbocycles. The van der Waals surface area contributed by atoms with Gasteiger partial charge in [0.25, 0.3) is 0 Å². The van der Waals surface area contributed by atoms with Crippen LogP contribution < -0.4 is 0 Å². The van der Waals surface area contributed by atoms with Crippen molar-refractivity contribution >= 4 is 43.5 Å². The molecule has 0 aliphatic heterocycles. The summed E-state index contributed by atoms with van der Waals surface area (Å²) in [5.41, 5.74) is 6.17. The Morgan fingerprint density at radius 1 is 0.467 bits per heavy atom. The maximum atomic E-state index is 6.40. The molecule has 0 aliphatic rings. The van der Waals surface area contributed by atoms with Crippen LogP contribution in [0.4, 0.5) is 0 Å². The molecule has 0 amide bonds. The molecule has 4 nitrogen and oxygen atoms in total. The number of benzene rings is 6. The van der Waals surface area contributed by atoms with Crippen LogP contribution >= 0.6 is 0 Å². The van der Waals surface area contributed by atoms with E-state index in [1.165, 1.54) is 16.2 Å². The van der Waals surface area contributed by atoms with Gasteiger partial charge in [-0.15, -0.1) is 0 Å². The molecular weight excluding hydrogens is 550 g/mol. The number of nitrogens with zero attached hydrogens (tertiary/aromatic N) is 3. The second kappa shape index (κ2) is 10.2. The van der Waals surface area contributed by atoms with Crippen molar-refractivity contribution in [2.75, 3.05) is 0 Å². The fraction of sp³-hybridized carbons (Fsp3) is 0. The minimum atomic E-state index is 0.579. The van der Waals surface area contributed by atoms with Crippen LogP contribution in [0.1, 0.15) is 0 Å². The average molecular weight is 574 g/mol. The van der Waals surface area contributed by atoms with Crippen LogP contribution in [-0.4, -0.2) is 15.0 Å². The van der Waals surface area contributed by atoms with Crippen molar-refractivity contribution in [2.24, 2.45) is 0 Å². The van der Waals surface area contributed by atoms with Gasteiger partial charge in [-0.25, -0.2) is 15.0 Å². The van der Waals surface area contributed by atoms with Crippen molar-refractivity contribution in [2.45, 2.75) is 0 Å². The van der Waals surface area contributed by atoms with E-state index in [0.717, 1.165) is 55.1 Å². The molecule has 0 atom stereocenters. The molecule has 2 heterocycles. The van der Waals surface area contributed by atoms with E-state index < -0.39 is 0 Å². The van der Waals surface area contributed by atoms with Gasteiger partial charge in [-0.1, -0.05) is 115 Å². The van der Waals surface area contributed by atoms with E-state index in [2.05, 4.69) is 84.9 Å². The van der Waals surface area contributed by atoms with E-state index in [4.69, 9.17) is 19.4 Å². The lowest BCUT2D eigenvalue weighted by Gasteiger charge is -2.11. The van der Waals surface area contributed by atoms with E-state index in [0.29, 0.717) is 17.5 Å². The molecule has 0 unspecified atom stereocenters. The Kier molecular flexibility index (Phi) is 5.69. The number of hydrogen-bond donors (Lipinski definition) is 0. The summed E-state index contributed by atoms with van der Waals surface area (Å²) in [4.78, 5) is 15.3. The predicted molar refractivity (Wildman–Crippen MR) is 182 cm³/mol. The quantitative estimate of drug-likeness (QED) is 0.197. The molecule has 4 heteroatoms. The third-order valence-corrected chi connectivity index (χ3v) is 8.35. The maximum Gasteiger partial charge on any atom is 0.164 e. The number of aromatic nitrogens is 3. The van der Waals surface area contributed by atoms with Gasteiger partial charge in [-0.05, 0) is 63.5 Å². The summed E-state index contributed by atoms with van der Waals surface area (Å²) in [5.74, 6) is 1.80. The molecule has 9 rings (SSSR count). The number of rotatable bonds is 4. The van der Waals surface area contributed by atoms with Gasteiger partial charge >= 0.3 is 0 Å². The first kappa shape index (κ1) is 25.2. The number of furan rings is 1. The molecule has 0 saturated heterocycles. The zero-order valence-electron chi connectivity index (χ0n) is 24.0. The highest BCUT2D eigenvalue weighted by Gasteiger charge is 2.20. The van der Waals surface area contributed by atoms with Gasteiger partial charge in [0.2, 0.25) is 0 Å². The van der Waals surface area contributed by atoms with E-state index in [1.54, 1.807) is 0 Å². The normalized spacial score (nSPS) is 11.4. The van der Waals surface area contributed by atoms with Crippen molar-refractivity contribution in [3.05, 3.63) is 152 Å². The summed E-state index contributed by atoms with van der Waals surface area (Å²) in [5, 5.41) is 6.71. The van der Waals surface area contributed by atoms with E-state index in [1.807, 2.05) is 66.7 Å². The van der Waals surface area contributed by atoms with Crippen molar-refractivity contribution in [3.8, 4) is 45.3 Å². The van der Waals surface area contributed by atoms with Gasteiger partial charge in [-0.3, -0.25) is 0 Å². The van der Waals surface area contributed by atoms with Crippen LogP contribution in [-0.2, 0) is 0 Å². The Morgan fingerprint density at radius 2 is 1.18 bits per heavy atom. The van der Waals surface area contributed by atoms with Crippen LogP contribution in [0, 0.1) is 12.1 Å². The molecule has 0 radical (unpaired) electrons. The molecule has 7 aromatic carbocycles. The van der Waals surface area contributed by atoms with Crippen molar-refractivity contribution in [1.29, 1.82) is 0 Å². The standard InChI is InChI=1S/C41H23N3O/c1-3-11-26(12-4-1)31-24-35(38-33-17-9-10-18-36(33)45-37(38)25-31)41-43-39(29-14-5-2-6-15-29)42-40(44-41)30-22-21-28-20-19-27-13-7-8-16-32(27)34(28)23-30/h1-3,5-11,13-25H. The zero-order valence-corrected chi connectivity index (χ0v) is 24.0. The Hall–Kier alpha value is -6.31. The molecule has 45 heavy (non-hydrogen) atoms. The second-order valence-electron chi connectivity index (χ2n) is 11.1. The molecule has 0 spiro atoms. The van der Waals surface area contributed by atoms with Crippen LogP contribution in [0.2, 0.25) is 0 Å². The molecule has 0 bridgehead atoms. The van der Waals surface area contributed by atoms with Gasteiger partial charge in [0, 0.05) is 33.0 Å². The smallest absolute Gasteiger partial charge is 0.164 e. The SMILES string of the molecule is c1cccc(-c2cc(-c3nc(-c4ccccc4)nc(-c4ccc5ccc6ccccc6c5c4)n3)c3c(c2)oc2ccccc23)c#1. The van der Waals surface area contributed by atoms with Crippen LogP contribution in [0.3, 0.4) is 0 Å². The van der Waals surface area contributed by atoms with Crippen LogP contribution in [0.5, 0.6) is 0 Å². The third kappa shape index (κ3) is 4.30. The Balaban J connectivity index is 1.34. The molecule has 9 aromatic rings. The number of para-hydroxylation sites is 1. The minimum absolute atomic E-state index is 0.579. The van der Waals surface area contributed by atoms with Crippen molar-refractivity contribution in [3.63, 3.8) is 0 Å². The van der Waals surface area contributed by atoms with Crippen molar-refractivity contribution < 1.29 is 4.42 Å². The Morgan fingerprint density at radius 3 is 2.02 bits per heavy atom. The largest absolute Gasteiger partial charge is 0.456 e. The van der Waals surface area contributed by atoms with E-state index >= 15 is 0 Å². The lowest BCUT2D eigenvalue weighted by molar-refractivity contribution is 0.669. The average Bonchev–Trinajstić information content (AvgIpc) is 3.50. The highest BCUT2D eigenvalue weighted by Crippen LogP contribution is 2.40. The van der Waals surface area contributed by atoms with Crippen LogP contribution in [0.15, 0.2) is 144 Å². The highest BCUT2D eigenvalue weighted by atomic mass is 16.3. The lowest BCUT2D eigenvalue weighted by atomic mass is 9.98. The monoisotopic (exact) mass is 573 g/mol. The van der Waals surface area contributed by atoms with Gasteiger partial charge in [-0.2, -0.15) is 0 Å². The summed E-state index contributed by atoms with van der Waals surface area (Å²) >= 11 is 0. The summed E-state index contributed by atoms with van der Waals surface area (Å²) in [6.07, 6.45) is 0. The Labute approximate surface area is 259 Å². The van der Waals surface area contributed by atoms with Gasteiger partial charge in [0.1, 0.15) is 11.2 Å². The third-order valence-electron chi connectivity index (χ3n) is 8.35. The summed E-state index contributed by atoms with van der Waals surface area (Å²) < 4.78 is 6.40. The van der Waals surface area contributed by atoms with Crippen molar-refractivity contribution in [1.82, 2.24) is 15.0 Å². The maximum absolute atomic E-state index is 6.40. The molecule has 0 N–H and O–H groups in total. The first-order valence-corrected chi connectivity index (χ1v) is 14.9. The molecular formula is C41H23N3O. The van der Waals surface area contributed by atoms with E-state index in [-0.39, 0.29) is 0 Å². The van der Waals surface area contributed by atoms with E-state index in [9.17, 15) is 0 Å². The first-order chi connectivity index (χ1) is 22.3. The van der Waals surface area contributed by atoms with Crippen LogP contribution in [0.25, 0.3) is 88.8 Å². The zero-order chi connectivity index (χ0) is 29.7. The minimum Gasteiger partial charge on any atom is -0.456 e. The lowest BCUT2D eigenvalue weighted by Crippen LogP contribution is -2.00. The highest BCUT2D eigenvalue weighted by molar-refractivity contribution is 6.13. The second-order valence-corrected chi connectivity index (χ2v) is 11.1. The number of hydrogen-bond acceptors (Lipinski definition) is 4. The fourth-order valence-electron chi connectivity index (χ4n) is 6.19. The van der Waals surface area contributed by atoms with Gasteiger partial charge in [0.05, 0.1) is 0 Å². The first-order valence-electron chi connectivity index (χ1n) is 14.9. The molecule has 0 saturated carbocycles. The topological polar surface area (TPSA) is 51.8 Å². The van der Waals surface area contributed by atoms with Gasteiger partial charge in [0.15, 0.2) is 17.5 Å². The summed E-state index contributed by atoms with van der Waals surface area (Å²) in [7, 11) is 0. The Bertz CT molecular complexity index is 2540. The number of fused-ring (bicyclic) bond motifs is 6. The predicted octanol–water partition coefficient (Wildman–Crippen LogP) is 10.3. The summed E-state index contributed by atoms with van der Waals surface area (Å²) in [6.45, 7) is 0. The van der Waals surface area contributed by atoms with Gasteiger partial charge < -0.3 is 4.42 Å². The molecule has 0 fully saturated rings.